The lowest BCUT2D eigenvalue weighted by Crippen LogP contribution is -2.52. The molecule has 2 saturated heterocycles. The van der Waals surface area contributed by atoms with Gasteiger partial charge in [0.05, 0.1) is 42.5 Å². The number of ether oxygens (including phenoxy) is 2. The molecule has 0 spiro atoms. The minimum Gasteiger partial charge on any atom is -0.478 e. The van der Waals surface area contributed by atoms with Crippen LogP contribution in [-0.2, 0) is 33.7 Å². The predicted molar refractivity (Wildman–Crippen MR) is 205 cm³/mol. The first-order valence-electron chi connectivity index (χ1n) is 19.5. The monoisotopic (exact) mass is 811 g/mol. The van der Waals surface area contributed by atoms with Gasteiger partial charge in [0.1, 0.15) is 17.6 Å². The number of fused-ring (bicyclic) bond motifs is 8. The number of rotatable bonds is 8. The first kappa shape index (κ1) is 39.7. The Morgan fingerprint density at radius 3 is 2.53 bits per heavy atom. The Labute approximate surface area is 337 Å². The van der Waals surface area contributed by atoms with E-state index in [2.05, 4.69) is 20.6 Å². The van der Waals surface area contributed by atoms with E-state index in [9.17, 15) is 31.9 Å². The molecule has 3 amide bonds. The van der Waals surface area contributed by atoms with Crippen LogP contribution in [0.15, 0.2) is 97.2 Å². The summed E-state index contributed by atoms with van der Waals surface area (Å²) in [7, 11) is 0. The normalized spacial score (nSPS) is 20.9. The maximum absolute atomic E-state index is 14.6. The van der Waals surface area contributed by atoms with Crippen LogP contribution in [-0.4, -0.2) is 85.9 Å². The number of nitrogens with one attached hydrogen (secondary N) is 1. The average molecular weight is 812 g/mol. The molecule has 4 atom stereocenters. The maximum atomic E-state index is 14.6. The van der Waals surface area contributed by atoms with E-state index in [-0.39, 0.29) is 91.3 Å². The number of nitrogens with zero attached hydrogens (tertiary/aromatic N) is 6. The Bertz CT molecular complexity index is 2310. The summed E-state index contributed by atoms with van der Waals surface area (Å²) in [5.41, 5.74) is 1.48. The van der Waals surface area contributed by atoms with Crippen LogP contribution in [0.5, 0.6) is 5.88 Å². The summed E-state index contributed by atoms with van der Waals surface area (Å²) in [6, 6.07) is 22.3. The lowest BCUT2D eigenvalue weighted by Gasteiger charge is -2.40. The molecular formula is C43H41F4N7O5. The number of aromatic nitrogens is 4. The fraction of sp³-hybridized carbons (Fsp3) is 0.349. The van der Waals surface area contributed by atoms with Gasteiger partial charge in [0, 0.05) is 56.2 Å². The number of piperidine rings is 1. The van der Waals surface area contributed by atoms with Crippen LogP contribution in [0.2, 0.25) is 0 Å². The molecule has 5 aromatic rings. The molecule has 1 N–H and O–H groups in total. The number of hydrogen-bond acceptors (Lipinski definition) is 8. The molecule has 0 aliphatic carbocycles. The number of carbonyl (C=O) groups excluding carboxylic acids is 3. The molecule has 12 nitrogen and oxygen atoms in total. The van der Waals surface area contributed by atoms with E-state index in [1.807, 2.05) is 30.3 Å². The number of hydrogen-bond donors (Lipinski definition) is 1. The standard InChI is InChI=1S/C43H41F4N7O5/c44-33-9-11-35(12-10-33)54-24-34(50-51-54)26-59-36-21-38-42(57)52-15-13-28(18-39(55)48-22-27-5-2-1-3-6-27)31(23-52)14-16-58-40-20-32(43(45,46)47)19-37(49-40)29-7-4-8-30(17-29)41(56)53(38)25-36/h1-12,17,19-20,24,28,31,36,38H,13-16,18,21-23,25-26H2,(H,48,55)/t28-,31-,36+,38-/m0/s1. The first-order valence-corrected chi connectivity index (χ1v) is 19.5. The molecule has 3 aliphatic rings. The van der Waals surface area contributed by atoms with Gasteiger partial charge in [-0.1, -0.05) is 47.7 Å². The molecule has 59 heavy (non-hydrogen) atoms. The van der Waals surface area contributed by atoms with Gasteiger partial charge in [-0.2, -0.15) is 13.2 Å². The third-order valence-corrected chi connectivity index (χ3v) is 11.2. The van der Waals surface area contributed by atoms with E-state index in [0.29, 0.717) is 37.3 Å². The highest BCUT2D eigenvalue weighted by atomic mass is 19.4. The summed E-state index contributed by atoms with van der Waals surface area (Å²) >= 11 is 0. The highest BCUT2D eigenvalue weighted by Gasteiger charge is 2.44. The molecule has 306 valence electrons. The second-order valence-corrected chi connectivity index (χ2v) is 15.1. The lowest BCUT2D eigenvalue weighted by molar-refractivity contribution is -0.139. The number of carbonyl (C=O) groups is 3. The van der Waals surface area contributed by atoms with Gasteiger partial charge in [-0.05, 0) is 72.7 Å². The number of halogens is 4. The Hall–Kier alpha value is -6.16. The highest BCUT2D eigenvalue weighted by Crippen LogP contribution is 2.36. The Balaban J connectivity index is 1.06. The van der Waals surface area contributed by atoms with Crippen molar-refractivity contribution in [3.05, 3.63) is 125 Å². The minimum absolute atomic E-state index is 0.00163. The highest BCUT2D eigenvalue weighted by molar-refractivity contribution is 5.99. The summed E-state index contributed by atoms with van der Waals surface area (Å²) in [5, 5.41) is 11.3. The minimum atomic E-state index is -4.69. The van der Waals surface area contributed by atoms with Gasteiger partial charge in [0.15, 0.2) is 0 Å². The van der Waals surface area contributed by atoms with E-state index in [4.69, 9.17) is 9.47 Å². The SMILES string of the molecule is O=C(C[C@@H]1CCN2C[C@@H]1CCOc1cc(C(F)(F)F)cc(n1)-c1cccc(c1)C(=O)N1C[C@H](OCc3cn(-c4ccc(F)cc4)nn3)C[C@H]1C2=O)NCc1ccccc1. The van der Waals surface area contributed by atoms with Crippen LogP contribution in [0.4, 0.5) is 17.6 Å². The summed E-state index contributed by atoms with van der Waals surface area (Å²) in [6.07, 6.45) is -2.42. The quantitative estimate of drug-likeness (QED) is 0.182. The Kier molecular flexibility index (Phi) is 11.4. The van der Waals surface area contributed by atoms with Crippen molar-refractivity contribution in [3.8, 4) is 22.8 Å². The zero-order valence-corrected chi connectivity index (χ0v) is 31.9. The second-order valence-electron chi connectivity index (χ2n) is 15.1. The first-order chi connectivity index (χ1) is 28.5. The van der Waals surface area contributed by atoms with Crippen molar-refractivity contribution >= 4 is 17.7 Å². The van der Waals surface area contributed by atoms with Crippen LogP contribution in [0.1, 0.15) is 52.9 Å². The maximum Gasteiger partial charge on any atom is 0.416 e. The van der Waals surface area contributed by atoms with Crippen molar-refractivity contribution < 1.29 is 41.4 Å². The molecule has 0 unspecified atom stereocenters. The molecule has 2 fully saturated rings. The lowest BCUT2D eigenvalue weighted by atomic mass is 9.80. The van der Waals surface area contributed by atoms with Gasteiger partial charge in [-0.25, -0.2) is 14.1 Å². The van der Waals surface area contributed by atoms with Crippen LogP contribution in [0.3, 0.4) is 0 Å². The van der Waals surface area contributed by atoms with Crippen LogP contribution < -0.4 is 10.1 Å². The van der Waals surface area contributed by atoms with Crippen molar-refractivity contribution in [1.82, 2.24) is 35.1 Å². The third-order valence-electron chi connectivity index (χ3n) is 11.2. The van der Waals surface area contributed by atoms with Crippen molar-refractivity contribution in [2.75, 3.05) is 26.2 Å². The molecule has 3 aromatic carbocycles. The molecule has 16 heteroatoms. The van der Waals surface area contributed by atoms with E-state index in [0.717, 1.165) is 17.7 Å². The molecule has 8 rings (SSSR count). The number of amides is 3. The summed E-state index contributed by atoms with van der Waals surface area (Å²) in [5.74, 6) is -1.90. The van der Waals surface area contributed by atoms with Gasteiger partial charge in [0.25, 0.3) is 5.91 Å². The van der Waals surface area contributed by atoms with Gasteiger partial charge in [-0.3, -0.25) is 14.4 Å². The summed E-state index contributed by atoms with van der Waals surface area (Å²) in [6.45, 7) is 1.04. The smallest absolute Gasteiger partial charge is 0.416 e. The molecule has 6 bridgehead atoms. The zero-order chi connectivity index (χ0) is 41.1. The molecule has 2 aromatic heterocycles. The van der Waals surface area contributed by atoms with E-state index < -0.39 is 29.8 Å². The molecule has 5 heterocycles. The van der Waals surface area contributed by atoms with Crippen LogP contribution >= 0.6 is 0 Å². The summed E-state index contributed by atoms with van der Waals surface area (Å²) < 4.78 is 69.6. The van der Waals surface area contributed by atoms with Gasteiger partial charge in [-0.15, -0.1) is 5.10 Å². The fourth-order valence-corrected chi connectivity index (χ4v) is 8.04. The van der Waals surface area contributed by atoms with Gasteiger partial charge >= 0.3 is 6.18 Å². The zero-order valence-electron chi connectivity index (χ0n) is 31.9. The molecular weight excluding hydrogens is 771 g/mol. The van der Waals surface area contributed by atoms with Gasteiger partial charge < -0.3 is 24.6 Å². The van der Waals surface area contributed by atoms with E-state index >= 15 is 0 Å². The fourth-order valence-electron chi connectivity index (χ4n) is 8.04. The second kappa shape index (κ2) is 17.0. The Morgan fingerprint density at radius 1 is 0.932 bits per heavy atom. The number of pyridine rings is 1. The number of benzene rings is 3. The number of alkyl halides is 3. The van der Waals surface area contributed by atoms with Crippen molar-refractivity contribution in [1.29, 1.82) is 0 Å². The summed E-state index contributed by atoms with van der Waals surface area (Å²) in [4.78, 5) is 49.8. The van der Waals surface area contributed by atoms with Gasteiger partial charge in [0.2, 0.25) is 17.7 Å². The molecule has 0 radical (unpaired) electrons. The molecule has 3 aliphatic heterocycles. The van der Waals surface area contributed by atoms with E-state index in [1.54, 1.807) is 41.4 Å². The predicted octanol–water partition coefficient (Wildman–Crippen LogP) is 6.24. The third kappa shape index (κ3) is 9.27. The van der Waals surface area contributed by atoms with Crippen molar-refractivity contribution in [2.24, 2.45) is 11.8 Å². The molecule has 0 saturated carbocycles. The van der Waals surface area contributed by atoms with Crippen LogP contribution in [0.25, 0.3) is 16.9 Å². The average Bonchev–Trinajstić information content (AvgIpc) is 3.90. The Morgan fingerprint density at radius 2 is 1.73 bits per heavy atom. The van der Waals surface area contributed by atoms with E-state index in [1.165, 1.54) is 27.8 Å². The van der Waals surface area contributed by atoms with Crippen molar-refractivity contribution in [3.63, 3.8) is 0 Å². The largest absolute Gasteiger partial charge is 0.478 e. The topological polar surface area (TPSA) is 132 Å². The van der Waals surface area contributed by atoms with Crippen LogP contribution in [0, 0.1) is 17.7 Å². The van der Waals surface area contributed by atoms with Crippen molar-refractivity contribution in [2.45, 2.75) is 57.2 Å².